The number of carbonyl (C=O) groups is 1. The van der Waals surface area contributed by atoms with Gasteiger partial charge in [-0.2, -0.15) is 0 Å². The van der Waals surface area contributed by atoms with Gasteiger partial charge in [-0.25, -0.2) is 0 Å². The van der Waals surface area contributed by atoms with Crippen molar-refractivity contribution in [2.75, 3.05) is 0 Å². The molecule has 1 aromatic heterocycles. The van der Waals surface area contributed by atoms with Gasteiger partial charge in [0.1, 0.15) is 5.54 Å². The van der Waals surface area contributed by atoms with Crippen LogP contribution < -0.4 is 0 Å². The van der Waals surface area contributed by atoms with Crippen LogP contribution in [-0.4, -0.2) is 10.4 Å². The van der Waals surface area contributed by atoms with E-state index in [4.69, 9.17) is 0 Å². The molecule has 2 heteroatoms. The first-order valence-corrected chi connectivity index (χ1v) is 7.36. The zero-order valence-electron chi connectivity index (χ0n) is 11.5. The van der Waals surface area contributed by atoms with Crippen LogP contribution in [0.25, 0.3) is 0 Å². The molecular weight excluding hydrogens is 222 g/mol. The summed E-state index contributed by atoms with van der Waals surface area (Å²) in [5, 5.41) is 0. The Morgan fingerprint density at radius 1 is 1.33 bits per heavy atom. The van der Waals surface area contributed by atoms with Crippen molar-refractivity contribution >= 4 is 5.78 Å². The Bertz CT molecular complexity index is 447. The largest absolute Gasteiger partial charge is 0.341 e. The van der Waals surface area contributed by atoms with Gasteiger partial charge in [0.15, 0.2) is 5.78 Å². The van der Waals surface area contributed by atoms with Crippen molar-refractivity contribution in [2.24, 2.45) is 5.92 Å². The smallest absolute Gasteiger partial charge is 0.161 e. The molecule has 18 heavy (non-hydrogen) atoms. The molecule has 98 valence electrons. The summed E-state index contributed by atoms with van der Waals surface area (Å²) in [6.45, 7) is 4.07. The lowest BCUT2D eigenvalue weighted by molar-refractivity contribution is -0.130. The standard InChI is InChI=1S/C16H23NO/c1-12(2)15(18)16(8-3-4-9-16)17-10-7-14(11-17)13-5-6-13/h7,10-13H,3-6,8-9H2,1-2H3. The van der Waals surface area contributed by atoms with Crippen molar-refractivity contribution in [1.29, 1.82) is 0 Å². The van der Waals surface area contributed by atoms with Gasteiger partial charge in [-0.05, 0) is 43.2 Å². The monoisotopic (exact) mass is 245 g/mol. The molecule has 1 heterocycles. The third-order valence-corrected chi connectivity index (χ3v) is 4.67. The highest BCUT2D eigenvalue weighted by molar-refractivity contribution is 5.88. The lowest BCUT2D eigenvalue weighted by atomic mass is 9.85. The van der Waals surface area contributed by atoms with E-state index in [9.17, 15) is 4.79 Å². The van der Waals surface area contributed by atoms with Gasteiger partial charge in [-0.1, -0.05) is 26.7 Å². The molecule has 0 N–H and O–H groups in total. The summed E-state index contributed by atoms with van der Waals surface area (Å²) in [5.41, 5.74) is 1.22. The number of Topliss-reactive ketones (excluding diaryl/α,β-unsaturated/α-hetero) is 1. The number of aromatic nitrogens is 1. The second-order valence-corrected chi connectivity index (χ2v) is 6.38. The zero-order chi connectivity index (χ0) is 12.8. The van der Waals surface area contributed by atoms with Gasteiger partial charge in [-0.3, -0.25) is 4.79 Å². The molecule has 2 fully saturated rings. The molecular formula is C16H23NO. The molecule has 0 radical (unpaired) electrons. The molecule has 0 spiro atoms. The molecule has 0 aromatic carbocycles. The molecule has 1 aromatic rings. The number of ketones is 1. The van der Waals surface area contributed by atoms with Crippen LogP contribution in [0, 0.1) is 5.92 Å². The third-order valence-electron chi connectivity index (χ3n) is 4.67. The van der Waals surface area contributed by atoms with Gasteiger partial charge in [0.25, 0.3) is 0 Å². The van der Waals surface area contributed by atoms with Crippen LogP contribution in [0.15, 0.2) is 18.5 Å². The molecule has 0 saturated heterocycles. The van der Waals surface area contributed by atoms with E-state index >= 15 is 0 Å². The summed E-state index contributed by atoms with van der Waals surface area (Å²) in [7, 11) is 0. The predicted molar refractivity (Wildman–Crippen MR) is 72.7 cm³/mol. The van der Waals surface area contributed by atoms with E-state index in [2.05, 4.69) is 23.0 Å². The van der Waals surface area contributed by atoms with E-state index < -0.39 is 0 Å². The fraction of sp³-hybridized carbons (Fsp3) is 0.688. The van der Waals surface area contributed by atoms with E-state index in [1.54, 1.807) is 0 Å². The first-order chi connectivity index (χ1) is 8.63. The second kappa shape index (κ2) is 4.25. The molecule has 2 nitrogen and oxygen atoms in total. The van der Waals surface area contributed by atoms with Crippen LogP contribution in [-0.2, 0) is 10.3 Å². The molecule has 3 rings (SSSR count). The van der Waals surface area contributed by atoms with Gasteiger partial charge in [0.05, 0.1) is 0 Å². The molecule has 2 aliphatic carbocycles. The van der Waals surface area contributed by atoms with Crippen molar-refractivity contribution in [3.05, 3.63) is 24.0 Å². The quantitative estimate of drug-likeness (QED) is 0.789. The Kier molecular flexibility index (Phi) is 2.84. The summed E-state index contributed by atoms with van der Waals surface area (Å²) in [5.74, 6) is 1.34. The minimum absolute atomic E-state index is 0.134. The van der Waals surface area contributed by atoms with Crippen LogP contribution in [0.4, 0.5) is 0 Å². The van der Waals surface area contributed by atoms with Gasteiger partial charge in [0.2, 0.25) is 0 Å². The predicted octanol–water partition coefficient (Wildman–Crippen LogP) is 3.86. The highest BCUT2D eigenvalue weighted by Gasteiger charge is 2.43. The first kappa shape index (κ1) is 12.0. The van der Waals surface area contributed by atoms with E-state index in [1.165, 1.54) is 31.2 Å². The zero-order valence-corrected chi connectivity index (χ0v) is 11.5. The van der Waals surface area contributed by atoms with Crippen LogP contribution in [0.1, 0.15) is 63.9 Å². The van der Waals surface area contributed by atoms with Crippen molar-refractivity contribution < 1.29 is 4.79 Å². The Labute approximate surface area is 109 Å². The average molecular weight is 245 g/mol. The maximum absolute atomic E-state index is 12.6. The minimum Gasteiger partial charge on any atom is -0.341 e. The number of carbonyl (C=O) groups excluding carboxylic acids is 1. The Balaban J connectivity index is 1.94. The number of rotatable bonds is 4. The number of hydrogen-bond donors (Lipinski definition) is 0. The fourth-order valence-corrected chi connectivity index (χ4v) is 3.47. The molecule has 0 unspecified atom stereocenters. The van der Waals surface area contributed by atoms with Gasteiger partial charge in [0, 0.05) is 18.3 Å². The van der Waals surface area contributed by atoms with Gasteiger partial charge < -0.3 is 4.57 Å². The fourth-order valence-electron chi connectivity index (χ4n) is 3.47. The van der Waals surface area contributed by atoms with Crippen LogP contribution in [0.2, 0.25) is 0 Å². The lowest BCUT2D eigenvalue weighted by Crippen LogP contribution is -2.41. The van der Waals surface area contributed by atoms with E-state index in [1.807, 2.05) is 13.8 Å². The van der Waals surface area contributed by atoms with Gasteiger partial charge >= 0.3 is 0 Å². The van der Waals surface area contributed by atoms with Crippen molar-refractivity contribution in [3.63, 3.8) is 0 Å². The highest BCUT2D eigenvalue weighted by Crippen LogP contribution is 2.43. The van der Waals surface area contributed by atoms with Crippen LogP contribution in [0.5, 0.6) is 0 Å². The average Bonchev–Trinajstić information content (AvgIpc) is 2.91. The summed E-state index contributed by atoms with van der Waals surface area (Å²) >= 11 is 0. The van der Waals surface area contributed by atoms with Crippen LogP contribution >= 0.6 is 0 Å². The highest BCUT2D eigenvalue weighted by atomic mass is 16.1. The van der Waals surface area contributed by atoms with E-state index in [0.717, 1.165) is 18.8 Å². The normalized spacial score (nSPS) is 22.6. The van der Waals surface area contributed by atoms with Gasteiger partial charge in [-0.15, -0.1) is 0 Å². The van der Waals surface area contributed by atoms with Crippen molar-refractivity contribution in [2.45, 2.75) is 63.8 Å². The second-order valence-electron chi connectivity index (χ2n) is 6.38. The van der Waals surface area contributed by atoms with Crippen molar-refractivity contribution in [1.82, 2.24) is 4.57 Å². The maximum Gasteiger partial charge on any atom is 0.161 e. The maximum atomic E-state index is 12.6. The topological polar surface area (TPSA) is 22.0 Å². The van der Waals surface area contributed by atoms with E-state index in [0.29, 0.717) is 5.78 Å². The van der Waals surface area contributed by atoms with Crippen LogP contribution in [0.3, 0.4) is 0 Å². The number of nitrogens with zero attached hydrogens (tertiary/aromatic N) is 1. The Morgan fingerprint density at radius 2 is 2.00 bits per heavy atom. The molecule has 2 saturated carbocycles. The summed E-state index contributed by atoms with van der Waals surface area (Å²) < 4.78 is 2.25. The summed E-state index contributed by atoms with van der Waals surface area (Å²) in [4.78, 5) is 12.6. The Morgan fingerprint density at radius 3 is 2.56 bits per heavy atom. The molecule has 0 amide bonds. The SMILES string of the molecule is CC(C)C(=O)C1(n2ccc(C3CC3)c2)CCCC1. The summed E-state index contributed by atoms with van der Waals surface area (Å²) in [6.07, 6.45) is 11.5. The number of hydrogen-bond acceptors (Lipinski definition) is 1. The van der Waals surface area contributed by atoms with Crippen molar-refractivity contribution in [3.8, 4) is 0 Å². The summed E-state index contributed by atoms with van der Waals surface area (Å²) in [6, 6.07) is 2.23. The molecule has 2 aliphatic rings. The molecule has 0 aliphatic heterocycles. The first-order valence-electron chi connectivity index (χ1n) is 7.36. The molecule has 0 bridgehead atoms. The van der Waals surface area contributed by atoms with E-state index in [-0.39, 0.29) is 11.5 Å². The Hall–Kier alpha value is -1.05. The molecule has 0 atom stereocenters. The lowest BCUT2D eigenvalue weighted by Gasteiger charge is -2.31. The minimum atomic E-state index is -0.221. The third kappa shape index (κ3) is 1.82.